The number of para-hydroxylation sites is 2. The van der Waals surface area contributed by atoms with Crippen molar-refractivity contribution in [3.05, 3.63) is 114 Å². The molecule has 0 bridgehead atoms. The predicted octanol–water partition coefficient (Wildman–Crippen LogP) is 7.54. The average molecular weight is 457 g/mol. The monoisotopic (exact) mass is 456 g/mol. The highest BCUT2D eigenvalue weighted by Gasteiger charge is 2.15. The first kappa shape index (κ1) is 20.9. The van der Waals surface area contributed by atoms with Gasteiger partial charge in [-0.1, -0.05) is 47.5 Å². The largest absolute Gasteiger partial charge is 0.438 e. The number of hydrogen-bond donors (Lipinski definition) is 2. The number of benzene rings is 4. The second kappa shape index (κ2) is 8.29. The summed E-state index contributed by atoms with van der Waals surface area (Å²) >= 11 is 0. The number of aromatic amines is 1. The van der Waals surface area contributed by atoms with Gasteiger partial charge in [-0.05, 0) is 68.4 Å². The summed E-state index contributed by atoms with van der Waals surface area (Å²) in [5, 5.41) is 9.49. The Kier molecular flexibility index (Phi) is 4.96. The highest BCUT2D eigenvalue weighted by atomic mass is 16.3. The lowest BCUT2D eigenvalue weighted by atomic mass is 10.1. The Bertz CT molecular complexity index is 1650. The molecule has 6 aromatic rings. The van der Waals surface area contributed by atoms with Crippen molar-refractivity contribution < 1.29 is 4.42 Å². The van der Waals surface area contributed by atoms with Crippen molar-refractivity contribution in [1.29, 1.82) is 5.41 Å². The third kappa shape index (κ3) is 3.87. The normalized spacial score (nSPS) is 11.3. The van der Waals surface area contributed by atoms with Crippen molar-refractivity contribution >= 4 is 39.1 Å². The molecule has 35 heavy (non-hydrogen) atoms. The van der Waals surface area contributed by atoms with Crippen LogP contribution in [0.3, 0.4) is 0 Å². The molecule has 4 aromatic carbocycles. The lowest BCUT2D eigenvalue weighted by molar-refractivity contribution is 0.535. The number of aryl methyl sites for hydroxylation is 2. The Morgan fingerprint density at radius 1 is 0.743 bits per heavy atom. The van der Waals surface area contributed by atoms with Crippen LogP contribution in [-0.4, -0.2) is 9.97 Å². The highest BCUT2D eigenvalue weighted by Crippen LogP contribution is 2.36. The number of anilines is 3. The molecular formula is C30H24N4O. The molecule has 2 N–H and O–H groups in total. The van der Waals surface area contributed by atoms with Gasteiger partial charge in [0.1, 0.15) is 11.4 Å². The molecule has 2 heterocycles. The molecule has 0 fully saturated rings. The molecule has 0 saturated carbocycles. The molecule has 0 amide bonds. The predicted molar refractivity (Wildman–Crippen MR) is 141 cm³/mol. The number of rotatable bonds is 4. The van der Waals surface area contributed by atoms with Gasteiger partial charge in [0.15, 0.2) is 0 Å². The standard InChI is InChI=1S/C30H24N4O/c1-19-7-12-22(13-8-19)34(23-14-9-20(2)10-15-23)24-16-11-21-17-25(29(31)35-28(21)18-24)30-32-26-5-3-4-6-27(26)33-30/h3-18,31H,1-2H3,(H,32,33). The maximum absolute atomic E-state index is 8.58. The van der Waals surface area contributed by atoms with Gasteiger partial charge in [-0.3, -0.25) is 5.41 Å². The summed E-state index contributed by atoms with van der Waals surface area (Å²) in [5.74, 6) is 0.631. The fraction of sp³-hybridized carbons (Fsp3) is 0.0667. The van der Waals surface area contributed by atoms with Crippen molar-refractivity contribution in [1.82, 2.24) is 9.97 Å². The van der Waals surface area contributed by atoms with Gasteiger partial charge in [-0.25, -0.2) is 4.98 Å². The molecule has 5 nitrogen and oxygen atoms in total. The number of imidazole rings is 1. The zero-order valence-corrected chi connectivity index (χ0v) is 19.5. The van der Waals surface area contributed by atoms with Gasteiger partial charge in [0.2, 0.25) is 5.55 Å². The van der Waals surface area contributed by atoms with E-state index in [1.165, 1.54) is 11.1 Å². The Morgan fingerprint density at radius 3 is 2.03 bits per heavy atom. The van der Waals surface area contributed by atoms with E-state index >= 15 is 0 Å². The van der Waals surface area contributed by atoms with E-state index in [9.17, 15) is 0 Å². The van der Waals surface area contributed by atoms with E-state index < -0.39 is 0 Å². The molecule has 5 heteroatoms. The fourth-order valence-electron chi connectivity index (χ4n) is 4.35. The van der Waals surface area contributed by atoms with Crippen molar-refractivity contribution in [3.63, 3.8) is 0 Å². The lowest BCUT2D eigenvalue weighted by Gasteiger charge is -2.26. The zero-order valence-electron chi connectivity index (χ0n) is 19.5. The molecule has 0 unspecified atom stereocenters. The Balaban J connectivity index is 1.47. The molecule has 0 aliphatic carbocycles. The molecule has 0 aliphatic heterocycles. The Morgan fingerprint density at radius 2 is 1.37 bits per heavy atom. The number of aromatic nitrogens is 2. The third-order valence-electron chi connectivity index (χ3n) is 6.24. The molecule has 6 rings (SSSR count). The molecule has 170 valence electrons. The zero-order chi connectivity index (χ0) is 23.9. The van der Waals surface area contributed by atoms with E-state index in [1.807, 2.05) is 42.5 Å². The maximum Gasteiger partial charge on any atom is 0.223 e. The molecule has 0 atom stereocenters. The van der Waals surface area contributed by atoms with Crippen LogP contribution in [-0.2, 0) is 0 Å². The molecular weight excluding hydrogens is 432 g/mol. The van der Waals surface area contributed by atoms with Gasteiger partial charge < -0.3 is 14.3 Å². The van der Waals surface area contributed by atoms with Gasteiger partial charge in [-0.15, -0.1) is 0 Å². The summed E-state index contributed by atoms with van der Waals surface area (Å²) in [6, 6.07) is 32.9. The first-order chi connectivity index (χ1) is 17.0. The summed E-state index contributed by atoms with van der Waals surface area (Å²) in [5.41, 5.74) is 8.66. The van der Waals surface area contributed by atoms with Crippen LogP contribution in [0.5, 0.6) is 0 Å². The number of hydrogen-bond acceptors (Lipinski definition) is 4. The number of H-pyrrole nitrogens is 1. The molecule has 0 radical (unpaired) electrons. The van der Waals surface area contributed by atoms with Crippen LogP contribution in [0, 0.1) is 19.3 Å². The number of nitrogens with one attached hydrogen (secondary N) is 2. The summed E-state index contributed by atoms with van der Waals surface area (Å²) < 4.78 is 6.02. The van der Waals surface area contributed by atoms with Crippen LogP contribution < -0.4 is 10.5 Å². The van der Waals surface area contributed by atoms with Crippen LogP contribution in [0.1, 0.15) is 11.1 Å². The summed E-state index contributed by atoms with van der Waals surface area (Å²) in [6.45, 7) is 4.18. The van der Waals surface area contributed by atoms with Gasteiger partial charge in [0, 0.05) is 28.5 Å². The highest BCUT2D eigenvalue weighted by molar-refractivity contribution is 5.88. The van der Waals surface area contributed by atoms with Crippen LogP contribution in [0.2, 0.25) is 0 Å². The first-order valence-corrected chi connectivity index (χ1v) is 11.6. The van der Waals surface area contributed by atoms with E-state index in [-0.39, 0.29) is 5.55 Å². The minimum atomic E-state index is 0.0749. The summed E-state index contributed by atoms with van der Waals surface area (Å²) in [4.78, 5) is 10.1. The van der Waals surface area contributed by atoms with Crippen molar-refractivity contribution in [2.75, 3.05) is 4.90 Å². The first-order valence-electron chi connectivity index (χ1n) is 11.6. The minimum Gasteiger partial charge on any atom is -0.438 e. The van der Waals surface area contributed by atoms with Crippen molar-refractivity contribution in [2.24, 2.45) is 0 Å². The Hall–Kier alpha value is -4.64. The van der Waals surface area contributed by atoms with Crippen LogP contribution >= 0.6 is 0 Å². The SMILES string of the molecule is Cc1ccc(N(c2ccc(C)cc2)c2ccc3cc(-c4nc5ccccc5[nH]4)c(=N)oc3c2)cc1. The molecule has 0 saturated heterocycles. The molecule has 0 aliphatic rings. The van der Waals surface area contributed by atoms with Crippen molar-refractivity contribution in [3.8, 4) is 11.4 Å². The van der Waals surface area contributed by atoms with Gasteiger partial charge >= 0.3 is 0 Å². The number of nitrogens with zero attached hydrogens (tertiary/aromatic N) is 2. The summed E-state index contributed by atoms with van der Waals surface area (Å²) in [6.07, 6.45) is 0. The van der Waals surface area contributed by atoms with E-state index in [2.05, 4.69) is 83.3 Å². The van der Waals surface area contributed by atoms with Gasteiger partial charge in [0.25, 0.3) is 0 Å². The van der Waals surface area contributed by atoms with Gasteiger partial charge in [-0.2, -0.15) is 0 Å². The maximum atomic E-state index is 8.58. The van der Waals surface area contributed by atoms with Crippen LogP contribution in [0.25, 0.3) is 33.4 Å². The third-order valence-corrected chi connectivity index (χ3v) is 6.24. The van der Waals surface area contributed by atoms with E-state index in [0.29, 0.717) is 17.0 Å². The summed E-state index contributed by atoms with van der Waals surface area (Å²) in [7, 11) is 0. The van der Waals surface area contributed by atoms with E-state index in [1.54, 1.807) is 0 Å². The second-order valence-electron chi connectivity index (χ2n) is 8.82. The quantitative estimate of drug-likeness (QED) is 0.288. The molecule has 0 spiro atoms. The van der Waals surface area contributed by atoms with E-state index in [0.717, 1.165) is 33.5 Å². The van der Waals surface area contributed by atoms with Crippen LogP contribution in [0.4, 0.5) is 17.1 Å². The molecule has 2 aromatic heterocycles. The van der Waals surface area contributed by atoms with Crippen LogP contribution in [0.15, 0.2) is 101 Å². The number of fused-ring (bicyclic) bond motifs is 2. The smallest absolute Gasteiger partial charge is 0.223 e. The van der Waals surface area contributed by atoms with Gasteiger partial charge in [0.05, 0.1) is 16.6 Å². The lowest BCUT2D eigenvalue weighted by Crippen LogP contribution is -2.10. The Labute approximate surface area is 202 Å². The van der Waals surface area contributed by atoms with Crippen molar-refractivity contribution in [2.45, 2.75) is 13.8 Å². The fourth-order valence-corrected chi connectivity index (χ4v) is 4.35. The average Bonchev–Trinajstić information content (AvgIpc) is 3.30. The van der Waals surface area contributed by atoms with E-state index in [4.69, 9.17) is 9.83 Å². The minimum absolute atomic E-state index is 0.0749. The topological polar surface area (TPSA) is 68.9 Å². The second-order valence-corrected chi connectivity index (χ2v) is 8.82.